The van der Waals surface area contributed by atoms with Gasteiger partial charge in [-0.2, -0.15) is 13.8 Å². The molecule has 1 spiro atoms. The van der Waals surface area contributed by atoms with Crippen LogP contribution >= 0.6 is 0 Å². The molecule has 2 fully saturated rings. The van der Waals surface area contributed by atoms with Crippen molar-refractivity contribution < 1.29 is 37.4 Å². The Kier molecular flexibility index (Phi) is 9.54. The highest BCUT2D eigenvalue weighted by atomic mass is 19.3. The van der Waals surface area contributed by atoms with Gasteiger partial charge in [0.1, 0.15) is 17.5 Å². The highest BCUT2D eigenvalue weighted by Crippen LogP contribution is 2.50. The number of nitrogens with zero attached hydrogens (tertiary/aromatic N) is 5. The zero-order valence-corrected chi connectivity index (χ0v) is 27.0. The molecule has 5 rings (SSSR count). The second-order valence-corrected chi connectivity index (χ2v) is 12.6. The van der Waals surface area contributed by atoms with Crippen LogP contribution in [0.25, 0.3) is 0 Å². The molecule has 12 nitrogen and oxygen atoms in total. The van der Waals surface area contributed by atoms with Gasteiger partial charge in [0.2, 0.25) is 5.95 Å². The Bertz CT molecular complexity index is 1460. The number of hydrogen-bond donors (Lipinski definition) is 1. The van der Waals surface area contributed by atoms with E-state index in [4.69, 9.17) is 14.2 Å². The third-order valence-corrected chi connectivity index (χ3v) is 9.08. The normalized spacial score (nSPS) is 19.0. The standard InChI is InChI=1S/C32H42F2N6O6/c1-6-7-14-45-30(43)39-12-10-31(11-13-39)16-22(17-31)46-27(41)21-8-9-23(25(15-21)44-5)36-29-35-18-24-26(37-29)40(20(2)3)19-32(33,34)28(42)38(24)4/h8-9,15,18,20,22H,6-7,10-14,16-17,19H2,1-5H3,(H,35,36,37). The Morgan fingerprint density at radius 3 is 2.54 bits per heavy atom. The minimum Gasteiger partial charge on any atom is -0.495 e. The molecule has 46 heavy (non-hydrogen) atoms. The molecule has 1 N–H and O–H groups in total. The predicted molar refractivity (Wildman–Crippen MR) is 167 cm³/mol. The molecule has 2 amide bonds. The number of methoxy groups -OCH3 is 1. The van der Waals surface area contributed by atoms with E-state index in [1.54, 1.807) is 36.9 Å². The second kappa shape index (κ2) is 13.2. The number of piperidine rings is 1. The van der Waals surface area contributed by atoms with Crippen molar-refractivity contribution >= 4 is 41.1 Å². The van der Waals surface area contributed by atoms with Gasteiger partial charge in [0.15, 0.2) is 5.82 Å². The molecule has 2 aliphatic heterocycles. The highest BCUT2D eigenvalue weighted by Gasteiger charge is 2.49. The molecular formula is C32H42F2N6O6. The van der Waals surface area contributed by atoms with E-state index in [0.717, 1.165) is 43.4 Å². The summed E-state index contributed by atoms with van der Waals surface area (Å²) in [6, 6.07) is 4.41. The molecule has 1 saturated carbocycles. The van der Waals surface area contributed by atoms with E-state index in [-0.39, 0.29) is 41.1 Å². The van der Waals surface area contributed by atoms with Gasteiger partial charge in [-0.3, -0.25) is 4.79 Å². The van der Waals surface area contributed by atoms with Crippen molar-refractivity contribution in [2.24, 2.45) is 5.41 Å². The summed E-state index contributed by atoms with van der Waals surface area (Å²) in [4.78, 5) is 50.4. The number of nitrogens with one attached hydrogen (secondary N) is 1. The third kappa shape index (κ3) is 6.80. The minimum absolute atomic E-state index is 0.0770. The van der Waals surface area contributed by atoms with Gasteiger partial charge >= 0.3 is 18.0 Å². The van der Waals surface area contributed by atoms with Crippen LogP contribution in [0.15, 0.2) is 24.4 Å². The van der Waals surface area contributed by atoms with Crippen LogP contribution in [0.1, 0.15) is 69.7 Å². The van der Waals surface area contributed by atoms with Gasteiger partial charge in [0.25, 0.3) is 5.91 Å². The van der Waals surface area contributed by atoms with Gasteiger partial charge in [0, 0.05) is 26.2 Å². The van der Waals surface area contributed by atoms with Gasteiger partial charge in [-0.05, 0) is 69.6 Å². The summed E-state index contributed by atoms with van der Waals surface area (Å²) in [5.74, 6) is -4.77. The summed E-state index contributed by atoms with van der Waals surface area (Å²) in [5, 5.41) is 3.04. The van der Waals surface area contributed by atoms with Crippen molar-refractivity contribution in [2.45, 2.75) is 77.4 Å². The number of likely N-dealkylation sites (tertiary alicyclic amines) is 1. The average Bonchev–Trinajstić information content (AvgIpc) is 3.09. The number of carbonyl (C=O) groups excluding carboxylic acids is 3. The molecule has 2 aromatic rings. The van der Waals surface area contributed by atoms with Crippen molar-refractivity contribution in [1.29, 1.82) is 0 Å². The van der Waals surface area contributed by atoms with Crippen LogP contribution in [-0.4, -0.2) is 91.3 Å². The largest absolute Gasteiger partial charge is 0.495 e. The molecule has 3 aliphatic rings. The molecule has 0 bridgehead atoms. The molecule has 1 saturated heterocycles. The van der Waals surface area contributed by atoms with E-state index in [2.05, 4.69) is 22.2 Å². The molecule has 0 atom stereocenters. The lowest BCUT2D eigenvalue weighted by molar-refractivity contribution is -0.140. The van der Waals surface area contributed by atoms with Crippen molar-refractivity contribution in [1.82, 2.24) is 14.9 Å². The van der Waals surface area contributed by atoms with E-state index in [1.807, 2.05) is 0 Å². The number of amides is 2. The maximum Gasteiger partial charge on any atom is 0.409 e. The Labute approximate surface area is 267 Å². The number of halogens is 2. The number of hydrogen-bond acceptors (Lipinski definition) is 10. The minimum atomic E-state index is -3.60. The molecule has 1 aromatic heterocycles. The SMILES string of the molecule is CCCCOC(=O)N1CCC2(CC1)CC(OC(=O)c1ccc(Nc3ncc4c(n3)N(C(C)C)CC(F)(F)C(=O)N4C)c(OC)c1)C2. The number of anilines is 4. The maximum absolute atomic E-state index is 14.6. The van der Waals surface area contributed by atoms with Crippen LogP contribution in [0.2, 0.25) is 0 Å². The number of benzene rings is 1. The highest BCUT2D eigenvalue weighted by molar-refractivity contribution is 6.02. The van der Waals surface area contributed by atoms with Crippen LogP contribution in [0.3, 0.4) is 0 Å². The second-order valence-electron chi connectivity index (χ2n) is 12.6. The number of alkyl halides is 2. The number of rotatable bonds is 9. The molecule has 0 radical (unpaired) electrons. The number of esters is 1. The summed E-state index contributed by atoms with van der Waals surface area (Å²) >= 11 is 0. The molecule has 3 heterocycles. The fourth-order valence-corrected chi connectivity index (χ4v) is 6.23. The van der Waals surface area contributed by atoms with Crippen LogP contribution in [-0.2, 0) is 14.3 Å². The number of carbonyl (C=O) groups is 3. The number of fused-ring (bicyclic) bond motifs is 1. The summed E-state index contributed by atoms with van der Waals surface area (Å²) in [7, 11) is 2.73. The van der Waals surface area contributed by atoms with Crippen LogP contribution < -0.4 is 19.9 Å². The van der Waals surface area contributed by atoms with Crippen molar-refractivity contribution in [2.75, 3.05) is 55.5 Å². The van der Waals surface area contributed by atoms with Crippen molar-refractivity contribution in [3.63, 3.8) is 0 Å². The first-order valence-electron chi connectivity index (χ1n) is 15.7. The molecular weight excluding hydrogens is 602 g/mol. The predicted octanol–water partition coefficient (Wildman–Crippen LogP) is 5.39. The van der Waals surface area contributed by atoms with E-state index >= 15 is 0 Å². The van der Waals surface area contributed by atoms with E-state index < -0.39 is 24.3 Å². The summed E-state index contributed by atoms with van der Waals surface area (Å²) < 4.78 is 46.0. The average molecular weight is 645 g/mol. The van der Waals surface area contributed by atoms with E-state index in [0.29, 0.717) is 36.7 Å². The van der Waals surface area contributed by atoms with Crippen molar-refractivity contribution in [3.8, 4) is 5.75 Å². The zero-order chi connectivity index (χ0) is 33.2. The lowest BCUT2D eigenvalue weighted by Crippen LogP contribution is -2.51. The maximum atomic E-state index is 14.6. The Balaban J connectivity index is 1.20. The van der Waals surface area contributed by atoms with Crippen LogP contribution in [0.4, 0.5) is 36.7 Å². The number of ether oxygens (including phenoxy) is 3. The summed E-state index contributed by atoms with van der Waals surface area (Å²) in [6.45, 7) is 6.45. The van der Waals surface area contributed by atoms with Gasteiger partial charge in [0.05, 0.1) is 37.7 Å². The van der Waals surface area contributed by atoms with Gasteiger partial charge in [-0.1, -0.05) is 13.3 Å². The lowest BCUT2D eigenvalue weighted by atomic mass is 9.61. The Morgan fingerprint density at radius 2 is 1.89 bits per heavy atom. The number of unbranched alkanes of at least 4 members (excludes halogenated alkanes) is 1. The van der Waals surface area contributed by atoms with Gasteiger partial charge in [-0.25, -0.2) is 14.6 Å². The number of aromatic nitrogens is 2. The van der Waals surface area contributed by atoms with Crippen LogP contribution in [0.5, 0.6) is 5.75 Å². The zero-order valence-electron chi connectivity index (χ0n) is 27.0. The summed E-state index contributed by atoms with van der Waals surface area (Å²) in [5.41, 5.74) is 0.998. The first-order valence-corrected chi connectivity index (χ1v) is 15.7. The quantitative estimate of drug-likeness (QED) is 0.280. The third-order valence-electron chi connectivity index (χ3n) is 9.08. The first kappa shape index (κ1) is 33.1. The molecule has 1 aliphatic carbocycles. The smallest absolute Gasteiger partial charge is 0.409 e. The topological polar surface area (TPSA) is 126 Å². The van der Waals surface area contributed by atoms with E-state index in [1.165, 1.54) is 25.3 Å². The van der Waals surface area contributed by atoms with Crippen LogP contribution in [0, 0.1) is 5.41 Å². The lowest BCUT2D eigenvalue weighted by Gasteiger charge is -2.51. The summed E-state index contributed by atoms with van der Waals surface area (Å²) in [6.07, 6.45) is 5.92. The fourth-order valence-electron chi connectivity index (χ4n) is 6.23. The molecule has 250 valence electrons. The fraction of sp³-hybridized carbons (Fsp3) is 0.594. The van der Waals surface area contributed by atoms with Gasteiger partial charge < -0.3 is 34.2 Å². The molecule has 14 heteroatoms. The Hall–Kier alpha value is -4.23. The Morgan fingerprint density at radius 1 is 1.17 bits per heavy atom. The first-order chi connectivity index (χ1) is 21.9. The molecule has 1 aromatic carbocycles. The van der Waals surface area contributed by atoms with E-state index in [9.17, 15) is 23.2 Å². The monoisotopic (exact) mass is 644 g/mol. The van der Waals surface area contributed by atoms with Crippen molar-refractivity contribution in [3.05, 3.63) is 30.0 Å². The van der Waals surface area contributed by atoms with Gasteiger partial charge in [-0.15, -0.1) is 0 Å². The molecule has 0 unspecified atom stereocenters.